The van der Waals surface area contributed by atoms with Crippen LogP contribution >= 0.6 is 23.2 Å². The van der Waals surface area contributed by atoms with Gasteiger partial charge in [-0.15, -0.1) is 0 Å². The lowest BCUT2D eigenvalue weighted by molar-refractivity contribution is 0.593. The minimum absolute atomic E-state index is 0.103. The second-order valence-electron chi connectivity index (χ2n) is 4.61. The third-order valence-corrected chi connectivity index (χ3v) is 3.61. The van der Waals surface area contributed by atoms with E-state index < -0.39 is 11.6 Å². The van der Waals surface area contributed by atoms with Gasteiger partial charge in [0, 0.05) is 16.1 Å². The lowest BCUT2D eigenvalue weighted by atomic mass is 10.1. The summed E-state index contributed by atoms with van der Waals surface area (Å²) in [7, 11) is 0. The highest BCUT2D eigenvalue weighted by Crippen LogP contribution is 2.29. The molecule has 2 aromatic rings. The Hall–Kier alpha value is -1.32. The second-order valence-corrected chi connectivity index (χ2v) is 5.46. The number of benzene rings is 2. The molecule has 1 atom stereocenters. The Balaban J connectivity index is 2.27. The van der Waals surface area contributed by atoms with Crippen LogP contribution in [0.25, 0.3) is 0 Å². The maximum Gasteiger partial charge on any atom is 0.146 e. The van der Waals surface area contributed by atoms with Crippen molar-refractivity contribution < 1.29 is 8.78 Å². The van der Waals surface area contributed by atoms with E-state index in [-0.39, 0.29) is 17.3 Å². The van der Waals surface area contributed by atoms with Crippen molar-refractivity contribution in [1.82, 2.24) is 0 Å². The van der Waals surface area contributed by atoms with E-state index in [0.29, 0.717) is 10.0 Å². The average molecular weight is 316 g/mol. The first-order valence-electron chi connectivity index (χ1n) is 6.05. The summed E-state index contributed by atoms with van der Waals surface area (Å²) in [6.07, 6.45) is 0. The zero-order chi connectivity index (χ0) is 14.9. The summed E-state index contributed by atoms with van der Waals surface area (Å²) in [5.74, 6) is -0.955. The molecule has 0 aromatic heterocycles. The molecule has 20 heavy (non-hydrogen) atoms. The van der Waals surface area contributed by atoms with Gasteiger partial charge < -0.3 is 5.32 Å². The zero-order valence-electron chi connectivity index (χ0n) is 11.0. The average Bonchev–Trinajstić information content (AvgIpc) is 2.35. The predicted octanol–water partition coefficient (Wildman–Crippen LogP) is 5.75. The first kappa shape index (κ1) is 15.1. The Morgan fingerprint density at radius 2 is 1.75 bits per heavy atom. The van der Waals surface area contributed by atoms with Crippen LogP contribution in [0.15, 0.2) is 30.3 Å². The lowest BCUT2D eigenvalue weighted by Crippen LogP contribution is -2.09. The van der Waals surface area contributed by atoms with Crippen molar-refractivity contribution in [3.8, 4) is 0 Å². The van der Waals surface area contributed by atoms with Crippen LogP contribution in [0.4, 0.5) is 14.5 Å². The van der Waals surface area contributed by atoms with Crippen LogP contribution in [0.5, 0.6) is 0 Å². The Kier molecular flexibility index (Phi) is 4.51. The standard InChI is InChI=1S/C15H13Cl2F2N/c1-8-5-14(19)15(7-13(8)18)20-9(2)11-4-3-10(16)6-12(11)17/h3-7,9,20H,1-2H3. The van der Waals surface area contributed by atoms with Crippen molar-refractivity contribution in [2.24, 2.45) is 0 Å². The molecule has 106 valence electrons. The maximum atomic E-state index is 13.8. The summed E-state index contributed by atoms with van der Waals surface area (Å²) < 4.78 is 27.3. The van der Waals surface area contributed by atoms with Gasteiger partial charge in [-0.25, -0.2) is 8.78 Å². The fourth-order valence-electron chi connectivity index (χ4n) is 1.92. The number of rotatable bonds is 3. The van der Waals surface area contributed by atoms with Crippen LogP contribution in [-0.4, -0.2) is 0 Å². The Labute approximate surface area is 126 Å². The largest absolute Gasteiger partial charge is 0.376 e. The van der Waals surface area contributed by atoms with E-state index >= 15 is 0 Å². The molecule has 0 spiro atoms. The minimum Gasteiger partial charge on any atom is -0.376 e. The number of anilines is 1. The zero-order valence-corrected chi connectivity index (χ0v) is 12.5. The van der Waals surface area contributed by atoms with Crippen LogP contribution in [-0.2, 0) is 0 Å². The Bertz CT molecular complexity index is 644. The summed E-state index contributed by atoms with van der Waals surface area (Å²) >= 11 is 11.9. The van der Waals surface area contributed by atoms with E-state index in [1.165, 1.54) is 6.92 Å². The molecule has 2 rings (SSSR count). The van der Waals surface area contributed by atoms with E-state index in [9.17, 15) is 8.78 Å². The molecule has 0 amide bonds. The summed E-state index contributed by atoms with van der Waals surface area (Å²) in [6.45, 7) is 3.33. The summed E-state index contributed by atoms with van der Waals surface area (Å²) in [6, 6.07) is 7.09. The number of halogens is 4. The van der Waals surface area contributed by atoms with Crippen molar-refractivity contribution >= 4 is 28.9 Å². The van der Waals surface area contributed by atoms with Crippen molar-refractivity contribution in [3.05, 3.63) is 63.1 Å². The van der Waals surface area contributed by atoms with E-state index in [4.69, 9.17) is 23.2 Å². The molecular formula is C15H13Cl2F2N. The number of hydrogen-bond donors (Lipinski definition) is 1. The molecule has 1 unspecified atom stereocenters. The highest BCUT2D eigenvalue weighted by atomic mass is 35.5. The van der Waals surface area contributed by atoms with E-state index in [2.05, 4.69) is 5.32 Å². The van der Waals surface area contributed by atoms with E-state index in [0.717, 1.165) is 17.7 Å². The Morgan fingerprint density at radius 1 is 1.05 bits per heavy atom. The van der Waals surface area contributed by atoms with Gasteiger partial charge in [-0.1, -0.05) is 29.3 Å². The molecule has 0 bridgehead atoms. The topological polar surface area (TPSA) is 12.0 Å². The molecule has 0 fully saturated rings. The predicted molar refractivity (Wildman–Crippen MR) is 79.6 cm³/mol. The highest BCUT2D eigenvalue weighted by Gasteiger charge is 2.13. The smallest absolute Gasteiger partial charge is 0.146 e. The number of nitrogens with one attached hydrogen (secondary N) is 1. The third kappa shape index (κ3) is 3.22. The normalized spacial score (nSPS) is 12.3. The summed E-state index contributed by atoms with van der Waals surface area (Å²) in [4.78, 5) is 0. The van der Waals surface area contributed by atoms with Gasteiger partial charge in [-0.3, -0.25) is 0 Å². The minimum atomic E-state index is -0.499. The first-order chi connectivity index (χ1) is 9.38. The molecule has 0 aliphatic rings. The molecule has 0 aliphatic heterocycles. The molecule has 2 aromatic carbocycles. The van der Waals surface area contributed by atoms with Crippen molar-refractivity contribution in [1.29, 1.82) is 0 Å². The molecule has 1 N–H and O–H groups in total. The fraction of sp³-hybridized carbons (Fsp3) is 0.200. The van der Waals surface area contributed by atoms with Gasteiger partial charge in [0.2, 0.25) is 0 Å². The van der Waals surface area contributed by atoms with Crippen molar-refractivity contribution in [3.63, 3.8) is 0 Å². The molecular weight excluding hydrogens is 303 g/mol. The fourth-order valence-corrected chi connectivity index (χ4v) is 2.49. The van der Waals surface area contributed by atoms with Crippen molar-refractivity contribution in [2.45, 2.75) is 19.9 Å². The maximum absolute atomic E-state index is 13.8. The van der Waals surface area contributed by atoms with Crippen LogP contribution in [0.2, 0.25) is 10.0 Å². The van der Waals surface area contributed by atoms with Gasteiger partial charge in [0.15, 0.2) is 0 Å². The second kappa shape index (κ2) is 5.98. The third-order valence-electron chi connectivity index (χ3n) is 3.05. The molecule has 0 saturated heterocycles. The van der Waals surface area contributed by atoms with Gasteiger partial charge in [-0.2, -0.15) is 0 Å². The van der Waals surface area contributed by atoms with Crippen LogP contribution in [0.1, 0.15) is 24.1 Å². The summed E-state index contributed by atoms with van der Waals surface area (Å²) in [5.41, 5.74) is 1.13. The van der Waals surface area contributed by atoms with Crippen LogP contribution in [0.3, 0.4) is 0 Å². The van der Waals surface area contributed by atoms with E-state index in [1.54, 1.807) is 18.2 Å². The molecule has 0 saturated carbocycles. The lowest BCUT2D eigenvalue weighted by Gasteiger charge is -2.18. The van der Waals surface area contributed by atoms with Crippen LogP contribution < -0.4 is 5.32 Å². The summed E-state index contributed by atoms with van der Waals surface area (Å²) in [5, 5.41) is 3.92. The highest BCUT2D eigenvalue weighted by molar-refractivity contribution is 6.35. The van der Waals surface area contributed by atoms with Gasteiger partial charge in [0.25, 0.3) is 0 Å². The van der Waals surface area contributed by atoms with Crippen molar-refractivity contribution in [2.75, 3.05) is 5.32 Å². The van der Waals surface area contributed by atoms with Gasteiger partial charge in [-0.05, 0) is 43.2 Å². The van der Waals surface area contributed by atoms with Gasteiger partial charge >= 0.3 is 0 Å². The SMILES string of the molecule is Cc1cc(F)c(NC(C)c2ccc(Cl)cc2Cl)cc1F. The van der Waals surface area contributed by atoms with Gasteiger partial charge in [0.05, 0.1) is 11.7 Å². The molecule has 0 radical (unpaired) electrons. The van der Waals surface area contributed by atoms with Crippen LogP contribution in [0, 0.1) is 18.6 Å². The van der Waals surface area contributed by atoms with E-state index in [1.807, 2.05) is 6.92 Å². The molecule has 0 heterocycles. The monoisotopic (exact) mass is 315 g/mol. The number of hydrogen-bond acceptors (Lipinski definition) is 1. The molecule has 5 heteroatoms. The number of aryl methyl sites for hydroxylation is 1. The van der Waals surface area contributed by atoms with Gasteiger partial charge in [0.1, 0.15) is 11.6 Å². The Morgan fingerprint density at radius 3 is 2.40 bits per heavy atom. The molecule has 0 aliphatic carbocycles. The first-order valence-corrected chi connectivity index (χ1v) is 6.81. The molecule has 1 nitrogen and oxygen atoms in total. The quantitative estimate of drug-likeness (QED) is 0.760.